The Morgan fingerprint density at radius 2 is 1.88 bits per heavy atom. The van der Waals surface area contributed by atoms with Crippen LogP contribution in [0, 0.1) is 5.41 Å². The third-order valence-corrected chi connectivity index (χ3v) is 6.09. The number of aliphatic carboxylic acids is 1. The molecule has 7 nitrogen and oxygen atoms in total. The van der Waals surface area contributed by atoms with Crippen LogP contribution in [0.5, 0.6) is 0 Å². The fourth-order valence-electron chi connectivity index (χ4n) is 4.10. The molecule has 1 saturated carbocycles. The van der Waals surface area contributed by atoms with Gasteiger partial charge in [0.05, 0.1) is 28.8 Å². The number of nitrogens with zero attached hydrogens (tertiary/aromatic N) is 1. The molecule has 1 aliphatic carbocycles. The number of ether oxygens (including phenoxy) is 2. The van der Waals surface area contributed by atoms with Gasteiger partial charge in [0.15, 0.2) is 0 Å². The van der Waals surface area contributed by atoms with E-state index in [1.54, 1.807) is 7.11 Å². The minimum atomic E-state index is -0.870. The maximum atomic E-state index is 12.1. The molecule has 3 rings (SSSR count). The smallest absolute Gasteiger partial charge is 0.408 e. The number of carboxylic acid groups (broad SMARTS) is 1. The fraction of sp³-hybridized carbons (Fsp3) is 0.500. The van der Waals surface area contributed by atoms with Gasteiger partial charge in [-0.05, 0) is 71.1 Å². The summed E-state index contributed by atoms with van der Waals surface area (Å²) in [6.45, 7) is 7.31. The Morgan fingerprint density at radius 3 is 2.48 bits per heavy atom. The molecule has 1 aromatic carbocycles. The largest absolute Gasteiger partial charge is 0.481 e. The summed E-state index contributed by atoms with van der Waals surface area (Å²) in [5.74, 6) is -0.795. The molecule has 0 spiro atoms. The molecule has 0 bridgehead atoms. The molecule has 178 valence electrons. The molecule has 1 unspecified atom stereocenters. The Bertz CT molecular complexity index is 1030. The van der Waals surface area contributed by atoms with Crippen molar-refractivity contribution in [2.24, 2.45) is 5.41 Å². The van der Waals surface area contributed by atoms with Gasteiger partial charge in [0.2, 0.25) is 0 Å². The molecular formula is C26H34N2O5. The van der Waals surface area contributed by atoms with Crippen LogP contribution in [0.2, 0.25) is 0 Å². The number of carboxylic acids is 1. The molecule has 33 heavy (non-hydrogen) atoms. The normalized spacial score (nSPS) is 22.3. The number of rotatable bonds is 6. The van der Waals surface area contributed by atoms with Crippen molar-refractivity contribution in [3.05, 3.63) is 47.7 Å². The van der Waals surface area contributed by atoms with Gasteiger partial charge in [0.1, 0.15) is 5.60 Å². The molecule has 1 amide bonds. The van der Waals surface area contributed by atoms with Crippen molar-refractivity contribution < 1.29 is 24.2 Å². The lowest BCUT2D eigenvalue weighted by Crippen LogP contribution is -2.35. The van der Waals surface area contributed by atoms with E-state index < -0.39 is 23.1 Å². The summed E-state index contributed by atoms with van der Waals surface area (Å²) < 4.78 is 10.7. The number of hydrogen-bond donors (Lipinski definition) is 2. The second-order valence-corrected chi connectivity index (χ2v) is 9.79. The molecule has 2 N–H and O–H groups in total. The van der Waals surface area contributed by atoms with E-state index in [0.29, 0.717) is 12.8 Å². The van der Waals surface area contributed by atoms with Crippen molar-refractivity contribution in [2.45, 2.75) is 71.1 Å². The number of benzene rings is 1. The first-order valence-electron chi connectivity index (χ1n) is 11.4. The van der Waals surface area contributed by atoms with Crippen LogP contribution in [0.25, 0.3) is 17.0 Å². The monoisotopic (exact) mass is 454 g/mol. The summed E-state index contributed by atoms with van der Waals surface area (Å²) >= 11 is 0. The first-order chi connectivity index (χ1) is 15.5. The lowest BCUT2D eigenvalue weighted by atomic mass is 9.72. The average molecular weight is 455 g/mol. The van der Waals surface area contributed by atoms with Crippen molar-refractivity contribution >= 4 is 29.0 Å². The van der Waals surface area contributed by atoms with Gasteiger partial charge >= 0.3 is 12.1 Å². The van der Waals surface area contributed by atoms with Crippen LogP contribution in [-0.4, -0.2) is 41.0 Å². The highest BCUT2D eigenvalue weighted by atomic mass is 16.6. The number of hydrogen-bond acceptors (Lipinski definition) is 5. The van der Waals surface area contributed by atoms with E-state index in [4.69, 9.17) is 14.5 Å². The zero-order valence-electron chi connectivity index (χ0n) is 20.1. The number of alkyl carbamates (subject to hydrolysis) is 1. The number of carbonyl (C=O) groups is 2. The molecule has 1 heterocycles. The molecule has 0 aliphatic heterocycles. The van der Waals surface area contributed by atoms with Gasteiger partial charge in [0.25, 0.3) is 0 Å². The molecule has 1 fully saturated rings. The number of amides is 1. The van der Waals surface area contributed by atoms with Crippen LogP contribution in [0.1, 0.15) is 70.7 Å². The Labute approximate surface area is 195 Å². The topological polar surface area (TPSA) is 97.8 Å². The second kappa shape index (κ2) is 9.91. The molecule has 7 heteroatoms. The standard InChI is InChI=1S/C26H34N2O5/c1-17(27-24(31)33-25(2,3)4)21-9-8-19-7-6-18(16-22(19)28-21)10-13-26(23(29)30)14-11-20(32-5)12-15-26/h6-10,13,16-17,20H,11-12,14-15H2,1-5H3,(H,27,31)(H,29,30). The Morgan fingerprint density at radius 1 is 1.21 bits per heavy atom. The van der Waals surface area contributed by atoms with Crippen molar-refractivity contribution in [1.82, 2.24) is 10.3 Å². The van der Waals surface area contributed by atoms with Crippen molar-refractivity contribution in [1.29, 1.82) is 0 Å². The Balaban J connectivity index is 1.78. The minimum absolute atomic E-state index is 0.130. The van der Waals surface area contributed by atoms with Crippen LogP contribution >= 0.6 is 0 Å². The van der Waals surface area contributed by atoms with Crippen molar-refractivity contribution in [2.75, 3.05) is 7.11 Å². The predicted octanol–water partition coefficient (Wildman–Crippen LogP) is 5.49. The van der Waals surface area contributed by atoms with Crippen LogP contribution in [-0.2, 0) is 14.3 Å². The second-order valence-electron chi connectivity index (χ2n) is 9.79. The van der Waals surface area contributed by atoms with Gasteiger partial charge in [0, 0.05) is 12.5 Å². The van der Waals surface area contributed by atoms with E-state index in [2.05, 4.69) is 5.32 Å². The Kier molecular flexibility index (Phi) is 7.42. The molecule has 0 radical (unpaired) electrons. The van der Waals surface area contributed by atoms with Crippen LogP contribution in [0.15, 0.2) is 36.4 Å². The van der Waals surface area contributed by atoms with Crippen molar-refractivity contribution in [3.63, 3.8) is 0 Å². The van der Waals surface area contributed by atoms with Gasteiger partial charge in [-0.25, -0.2) is 4.79 Å². The Hall–Kier alpha value is -2.93. The summed E-state index contributed by atoms with van der Waals surface area (Å²) in [6, 6.07) is 9.38. The summed E-state index contributed by atoms with van der Waals surface area (Å²) in [5.41, 5.74) is 0.937. The number of aromatic nitrogens is 1. The first kappa shape index (κ1) is 24.7. The third kappa shape index (κ3) is 6.32. The number of nitrogens with one attached hydrogen (secondary N) is 1. The quantitative estimate of drug-likeness (QED) is 0.599. The van der Waals surface area contributed by atoms with Gasteiger partial charge in [-0.2, -0.15) is 0 Å². The highest BCUT2D eigenvalue weighted by Crippen LogP contribution is 2.39. The van der Waals surface area contributed by atoms with E-state index in [0.717, 1.165) is 35.0 Å². The lowest BCUT2D eigenvalue weighted by molar-refractivity contribution is -0.148. The predicted molar refractivity (Wildman–Crippen MR) is 128 cm³/mol. The first-order valence-corrected chi connectivity index (χ1v) is 11.4. The van der Waals surface area contributed by atoms with E-state index in [9.17, 15) is 14.7 Å². The number of methoxy groups -OCH3 is 1. The van der Waals surface area contributed by atoms with E-state index in [1.165, 1.54) is 0 Å². The maximum Gasteiger partial charge on any atom is 0.408 e. The number of pyridine rings is 1. The molecule has 1 aromatic heterocycles. The van der Waals surface area contributed by atoms with E-state index in [-0.39, 0.29) is 12.1 Å². The summed E-state index contributed by atoms with van der Waals surface area (Å²) in [6.07, 6.45) is 5.91. The average Bonchev–Trinajstić information content (AvgIpc) is 2.76. The number of carbonyl (C=O) groups excluding carboxylic acids is 1. The van der Waals surface area contributed by atoms with Crippen LogP contribution in [0.4, 0.5) is 4.79 Å². The SMILES string of the molecule is COC1CCC(C=Cc2ccc3ccc(C(C)NC(=O)OC(C)(C)C)nc3c2)(C(=O)O)CC1. The zero-order chi connectivity index (χ0) is 24.2. The highest BCUT2D eigenvalue weighted by Gasteiger charge is 2.39. The van der Waals surface area contributed by atoms with Gasteiger partial charge in [-0.15, -0.1) is 0 Å². The summed E-state index contributed by atoms with van der Waals surface area (Å²) in [4.78, 5) is 28.9. The minimum Gasteiger partial charge on any atom is -0.481 e. The summed E-state index contributed by atoms with van der Waals surface area (Å²) in [5, 5.41) is 13.7. The fourth-order valence-corrected chi connectivity index (χ4v) is 4.10. The van der Waals surface area contributed by atoms with Gasteiger partial charge in [-0.3, -0.25) is 9.78 Å². The third-order valence-electron chi connectivity index (χ3n) is 6.09. The van der Waals surface area contributed by atoms with Crippen LogP contribution < -0.4 is 5.32 Å². The maximum absolute atomic E-state index is 12.1. The van der Waals surface area contributed by atoms with E-state index in [1.807, 2.05) is 70.2 Å². The van der Waals surface area contributed by atoms with Gasteiger partial charge in [-0.1, -0.05) is 30.4 Å². The van der Waals surface area contributed by atoms with Gasteiger partial charge < -0.3 is 19.9 Å². The van der Waals surface area contributed by atoms with Crippen molar-refractivity contribution in [3.8, 4) is 0 Å². The highest BCUT2D eigenvalue weighted by molar-refractivity contribution is 5.83. The lowest BCUT2D eigenvalue weighted by Gasteiger charge is -2.34. The number of fused-ring (bicyclic) bond motifs is 1. The summed E-state index contributed by atoms with van der Waals surface area (Å²) in [7, 11) is 1.68. The molecular weight excluding hydrogens is 420 g/mol. The van der Waals surface area contributed by atoms with Crippen LogP contribution in [0.3, 0.4) is 0 Å². The molecule has 0 saturated heterocycles. The van der Waals surface area contributed by atoms with E-state index >= 15 is 0 Å². The zero-order valence-corrected chi connectivity index (χ0v) is 20.1. The molecule has 2 aromatic rings. The molecule has 1 aliphatic rings. The molecule has 1 atom stereocenters.